The minimum absolute atomic E-state index is 0.0442. The highest BCUT2D eigenvalue weighted by Crippen LogP contribution is 2.53. The van der Waals surface area contributed by atoms with Crippen molar-refractivity contribution in [1.82, 2.24) is 20.7 Å². The molecule has 0 radical (unpaired) electrons. The average Bonchev–Trinajstić information content (AvgIpc) is 3.31. The van der Waals surface area contributed by atoms with Crippen molar-refractivity contribution in [2.24, 2.45) is 23.3 Å². The van der Waals surface area contributed by atoms with Crippen LogP contribution >= 0.6 is 0 Å². The van der Waals surface area contributed by atoms with E-state index in [1.807, 2.05) is 0 Å². The highest BCUT2D eigenvalue weighted by molar-refractivity contribution is 5.94. The maximum Gasteiger partial charge on any atom is 0.320 e. The molecule has 2 atom stereocenters. The molecule has 1 aliphatic heterocycles. The van der Waals surface area contributed by atoms with E-state index in [9.17, 15) is 31.5 Å². The molecule has 2 amide bonds. The first-order valence-electron chi connectivity index (χ1n) is 14.1. The quantitative estimate of drug-likeness (QED) is 0.213. The van der Waals surface area contributed by atoms with Crippen LogP contribution < -0.4 is 22.2 Å². The molecular weight excluding hydrogens is 583 g/mol. The molecule has 4 aliphatic rings. The molecule has 1 aromatic heterocycles. The van der Waals surface area contributed by atoms with Crippen LogP contribution in [0, 0.1) is 29.3 Å². The minimum atomic E-state index is -3.54. The van der Waals surface area contributed by atoms with Crippen LogP contribution in [0.15, 0.2) is 66.0 Å². The van der Waals surface area contributed by atoms with Gasteiger partial charge in [0.2, 0.25) is 5.91 Å². The third kappa shape index (κ3) is 5.76. The molecule has 0 spiro atoms. The number of pyridine rings is 1. The Kier molecular flexibility index (Phi) is 7.62. The molecule has 3 aliphatic carbocycles. The second-order valence-corrected chi connectivity index (χ2v) is 11.6. The Balaban J connectivity index is 1.33. The van der Waals surface area contributed by atoms with Crippen LogP contribution in [0.2, 0.25) is 0 Å². The zero-order valence-electron chi connectivity index (χ0n) is 23.3. The highest BCUT2D eigenvalue weighted by Gasteiger charge is 2.52. The summed E-state index contributed by atoms with van der Waals surface area (Å²) < 4.78 is 71.2. The number of aromatic nitrogens is 1. The molecular formula is C31H29F5N6O2. The number of carbonyl (C=O) groups excluding carboxylic acids is 2. The van der Waals surface area contributed by atoms with E-state index in [-0.39, 0.29) is 35.7 Å². The van der Waals surface area contributed by atoms with Gasteiger partial charge >= 0.3 is 6.05 Å². The third-order valence-corrected chi connectivity index (χ3v) is 8.48. The van der Waals surface area contributed by atoms with E-state index in [4.69, 9.17) is 11.5 Å². The maximum absolute atomic E-state index is 14.3. The van der Waals surface area contributed by atoms with Crippen LogP contribution in [0.3, 0.4) is 0 Å². The van der Waals surface area contributed by atoms with E-state index in [2.05, 4.69) is 15.7 Å². The number of amides is 2. The number of carbonyl (C=O) groups is 2. The fourth-order valence-corrected chi connectivity index (χ4v) is 6.60. The normalized spacial score (nSPS) is 21.5. The lowest BCUT2D eigenvalue weighted by Crippen LogP contribution is -2.54. The summed E-state index contributed by atoms with van der Waals surface area (Å²) in [6, 6.07) is 3.97. The zero-order valence-corrected chi connectivity index (χ0v) is 23.3. The monoisotopic (exact) mass is 612 g/mol. The van der Waals surface area contributed by atoms with Gasteiger partial charge in [0.25, 0.3) is 5.91 Å². The number of benzene rings is 2. The summed E-state index contributed by atoms with van der Waals surface area (Å²) in [5.74, 6) is -3.66. The van der Waals surface area contributed by atoms with Crippen LogP contribution in [0.4, 0.5) is 22.0 Å². The number of halogens is 5. The summed E-state index contributed by atoms with van der Waals surface area (Å²) in [5, 5.41) is 4.27. The first-order valence-corrected chi connectivity index (χ1v) is 14.1. The van der Waals surface area contributed by atoms with Crippen LogP contribution in [-0.2, 0) is 11.2 Å². The number of rotatable bonds is 9. The molecule has 13 heteroatoms. The second kappa shape index (κ2) is 11.3. The number of nitrogens with zero attached hydrogens (tertiary/aromatic N) is 2. The van der Waals surface area contributed by atoms with E-state index >= 15 is 0 Å². The molecule has 0 saturated heterocycles. The maximum atomic E-state index is 14.3. The Hall–Kier alpha value is -4.36. The predicted molar refractivity (Wildman–Crippen MR) is 150 cm³/mol. The van der Waals surface area contributed by atoms with Crippen molar-refractivity contribution in [3.05, 3.63) is 100 Å². The van der Waals surface area contributed by atoms with Crippen molar-refractivity contribution < 1.29 is 31.5 Å². The van der Waals surface area contributed by atoms with Crippen LogP contribution in [0.1, 0.15) is 46.9 Å². The molecule has 2 bridgehead atoms. The average molecular weight is 613 g/mol. The van der Waals surface area contributed by atoms with E-state index in [0.717, 1.165) is 37.1 Å². The van der Waals surface area contributed by atoms with Crippen molar-refractivity contribution in [3.8, 4) is 11.1 Å². The van der Waals surface area contributed by atoms with Gasteiger partial charge in [-0.1, -0.05) is 12.1 Å². The number of nitrogens with one attached hydrogen (secondary N) is 2. The Labute approximate surface area is 249 Å². The Morgan fingerprint density at radius 1 is 1.09 bits per heavy atom. The first-order chi connectivity index (χ1) is 20.9. The van der Waals surface area contributed by atoms with Crippen LogP contribution in [0.5, 0.6) is 0 Å². The van der Waals surface area contributed by atoms with Crippen molar-refractivity contribution in [2.75, 3.05) is 6.54 Å². The van der Waals surface area contributed by atoms with E-state index in [1.165, 1.54) is 23.3 Å². The van der Waals surface area contributed by atoms with E-state index in [1.54, 1.807) is 12.1 Å². The lowest BCUT2D eigenvalue weighted by Gasteiger charge is -2.44. The molecule has 1 saturated carbocycles. The van der Waals surface area contributed by atoms with Gasteiger partial charge in [0.15, 0.2) is 0 Å². The fourth-order valence-electron chi connectivity index (χ4n) is 6.60. The number of alkyl halides is 2. The molecule has 2 heterocycles. The van der Waals surface area contributed by atoms with Gasteiger partial charge in [-0.15, -0.1) is 0 Å². The predicted octanol–water partition coefficient (Wildman–Crippen LogP) is 4.09. The summed E-state index contributed by atoms with van der Waals surface area (Å²) in [6.45, 7) is -0.342. The summed E-state index contributed by atoms with van der Waals surface area (Å²) >= 11 is 0. The summed E-state index contributed by atoms with van der Waals surface area (Å²) in [6.07, 6.45) is 3.51. The fraction of sp³-hybridized carbons (Fsp3) is 0.323. The number of allylic oxidation sites excluding steroid dienone is 1. The van der Waals surface area contributed by atoms with Gasteiger partial charge in [0.05, 0.1) is 17.3 Å². The highest BCUT2D eigenvalue weighted by atomic mass is 19.3. The minimum Gasteiger partial charge on any atom is -0.366 e. The first kappa shape index (κ1) is 29.7. The number of hydrogen-bond acceptors (Lipinski definition) is 6. The largest absolute Gasteiger partial charge is 0.366 e. The molecule has 6 N–H and O–H groups in total. The van der Waals surface area contributed by atoms with Gasteiger partial charge in [0, 0.05) is 29.4 Å². The Morgan fingerprint density at radius 2 is 1.82 bits per heavy atom. The summed E-state index contributed by atoms with van der Waals surface area (Å²) in [4.78, 5) is 29.8. The number of hydrazine groups is 1. The van der Waals surface area contributed by atoms with Gasteiger partial charge in [-0.2, -0.15) is 8.78 Å². The van der Waals surface area contributed by atoms with E-state index < -0.39 is 47.4 Å². The van der Waals surface area contributed by atoms with Crippen molar-refractivity contribution in [1.29, 1.82) is 0 Å². The Morgan fingerprint density at radius 3 is 2.50 bits per heavy atom. The topological polar surface area (TPSA) is 126 Å². The van der Waals surface area contributed by atoms with Gasteiger partial charge in [0.1, 0.15) is 30.0 Å². The van der Waals surface area contributed by atoms with Crippen LogP contribution in [-0.4, -0.2) is 40.4 Å². The van der Waals surface area contributed by atoms with Crippen molar-refractivity contribution >= 4 is 11.8 Å². The van der Waals surface area contributed by atoms with Crippen molar-refractivity contribution in [3.63, 3.8) is 0 Å². The SMILES string of the molecule is NC(=O)c1cc(-c2cccnc2C(Cc2cc(F)cc(F)c2)NC(=O)CN2NC(C(N)(F)F)C3=C2C2CC(C3)C2)ccc1F. The standard InChI is InChI=1S/C31H29F5N6O2/c32-19-8-16(9-20(33)13-19)11-25(27-21(2-1-5-39-27)17-3-4-24(34)22(12-17)30(37)44)40-26(43)14-42-28-18-6-15(7-18)10-23(28)29(41-42)31(35,36)38/h1-5,8-9,12-13,15,18,25,29,41H,6-7,10-11,14,38H2,(H2,37,44)(H,40,43). The third-order valence-electron chi connectivity index (χ3n) is 8.48. The van der Waals surface area contributed by atoms with Crippen LogP contribution in [0.25, 0.3) is 11.1 Å². The van der Waals surface area contributed by atoms with Gasteiger partial charge in [-0.05, 0) is 78.6 Å². The van der Waals surface area contributed by atoms with E-state index in [0.29, 0.717) is 34.7 Å². The van der Waals surface area contributed by atoms with Gasteiger partial charge in [-0.25, -0.2) is 18.6 Å². The molecule has 1 fully saturated rings. The molecule has 44 heavy (non-hydrogen) atoms. The number of hydrogen-bond donors (Lipinski definition) is 4. The lowest BCUT2D eigenvalue weighted by molar-refractivity contribution is -0.123. The lowest BCUT2D eigenvalue weighted by atomic mass is 9.64. The molecule has 230 valence electrons. The molecule has 2 aromatic carbocycles. The second-order valence-electron chi connectivity index (χ2n) is 11.6. The summed E-state index contributed by atoms with van der Waals surface area (Å²) in [5.41, 5.74) is 15.3. The smallest absolute Gasteiger partial charge is 0.320 e. The molecule has 7 rings (SSSR count). The van der Waals surface area contributed by atoms with Gasteiger partial charge in [-0.3, -0.25) is 20.3 Å². The summed E-state index contributed by atoms with van der Waals surface area (Å²) in [7, 11) is 0. The Bertz CT molecular complexity index is 1650. The molecule has 2 unspecified atom stereocenters. The van der Waals surface area contributed by atoms with Gasteiger partial charge < -0.3 is 16.1 Å². The molecule has 8 nitrogen and oxygen atoms in total. The number of primary amides is 1. The number of nitrogens with two attached hydrogens (primary N) is 2. The van der Waals surface area contributed by atoms with Crippen molar-refractivity contribution in [2.45, 2.75) is 43.8 Å². The zero-order chi connectivity index (χ0) is 31.3. The molecule has 3 aromatic rings.